The number of hydrogen-bond acceptors (Lipinski definition) is 1. The summed E-state index contributed by atoms with van der Waals surface area (Å²) in [5.41, 5.74) is 2.03. The molecule has 208 valence electrons. The van der Waals surface area contributed by atoms with Crippen molar-refractivity contribution in [1.29, 1.82) is 0 Å². The normalized spacial score (nSPS) is 17.6. The average molecular weight is 539 g/mol. The third kappa shape index (κ3) is 7.32. The molecule has 0 saturated heterocycles. The van der Waals surface area contributed by atoms with Gasteiger partial charge in [-0.25, -0.2) is 13.2 Å². The van der Waals surface area contributed by atoms with E-state index in [-0.39, 0.29) is 22.8 Å². The van der Waals surface area contributed by atoms with Crippen molar-refractivity contribution < 1.29 is 22.3 Å². The molecule has 5 heteroatoms. The highest BCUT2D eigenvalue weighted by atomic mass is 19.2. The molecular weight excluding hydrogens is 500 g/mol. The largest absolute Gasteiger partial charge is 0.490 e. The second-order valence-corrected chi connectivity index (χ2v) is 10.8. The van der Waals surface area contributed by atoms with Gasteiger partial charge in [0.1, 0.15) is 0 Å². The van der Waals surface area contributed by atoms with Crippen molar-refractivity contribution in [3.05, 3.63) is 88.5 Å². The van der Waals surface area contributed by atoms with Gasteiger partial charge in [0.25, 0.3) is 0 Å². The Kier molecular flexibility index (Phi) is 10.2. The van der Waals surface area contributed by atoms with Crippen molar-refractivity contribution in [1.82, 2.24) is 0 Å². The monoisotopic (exact) mass is 538 g/mol. The molecule has 0 N–H and O–H groups in total. The van der Waals surface area contributed by atoms with Crippen LogP contribution in [0.4, 0.5) is 17.6 Å². The van der Waals surface area contributed by atoms with Gasteiger partial charge in [-0.05, 0) is 59.9 Å². The molecule has 3 aromatic carbocycles. The summed E-state index contributed by atoms with van der Waals surface area (Å²) < 4.78 is 64.6. The molecule has 0 amide bonds. The first-order valence-electron chi connectivity index (χ1n) is 14.3. The molecule has 1 saturated carbocycles. The van der Waals surface area contributed by atoms with Crippen LogP contribution in [0.1, 0.15) is 94.2 Å². The summed E-state index contributed by atoms with van der Waals surface area (Å²) in [5, 5.41) is 0. The number of halogens is 4. The summed E-state index contributed by atoms with van der Waals surface area (Å²) in [6.45, 7) is 4.69. The zero-order chi connectivity index (χ0) is 27.8. The second kappa shape index (κ2) is 13.8. The standard InChI is InChI=1S/C34H38F4O/c1-3-4-5-6-7-22-39-30-21-20-29(33(37)34(30)38)26-15-10-24(11-16-26)12-17-27-18-19-28(32(36)31(27)35)25-13-8-23(2)9-14-25/h10-12,15-21,23,25H,3-9,13-14,22H2,1-2H3/b17-12+. The first-order chi connectivity index (χ1) is 18.9. The molecule has 0 aromatic heterocycles. The SMILES string of the molecule is CCCCCCCOc1ccc(-c2ccc(/C=C/c3ccc(C4CCC(C)CC4)c(F)c3F)cc2)c(F)c1F. The van der Waals surface area contributed by atoms with Gasteiger partial charge in [-0.3, -0.25) is 0 Å². The van der Waals surface area contributed by atoms with E-state index in [9.17, 15) is 17.6 Å². The Labute approximate surface area is 229 Å². The van der Waals surface area contributed by atoms with Gasteiger partial charge in [0.15, 0.2) is 23.2 Å². The predicted molar refractivity (Wildman–Crippen MR) is 152 cm³/mol. The van der Waals surface area contributed by atoms with Crippen LogP contribution >= 0.6 is 0 Å². The molecule has 3 aromatic rings. The Morgan fingerprint density at radius 2 is 1.44 bits per heavy atom. The number of rotatable bonds is 11. The van der Waals surface area contributed by atoms with Crippen molar-refractivity contribution in [2.75, 3.05) is 6.61 Å². The van der Waals surface area contributed by atoms with Crippen LogP contribution in [0, 0.1) is 29.2 Å². The number of unbranched alkanes of at least 4 members (excludes halogenated alkanes) is 4. The van der Waals surface area contributed by atoms with Gasteiger partial charge in [0, 0.05) is 11.1 Å². The molecule has 0 unspecified atom stereocenters. The van der Waals surface area contributed by atoms with E-state index in [0.717, 1.165) is 63.4 Å². The minimum Gasteiger partial charge on any atom is -0.490 e. The maximum Gasteiger partial charge on any atom is 0.201 e. The first-order valence-corrected chi connectivity index (χ1v) is 14.3. The van der Waals surface area contributed by atoms with E-state index in [0.29, 0.717) is 23.7 Å². The van der Waals surface area contributed by atoms with Crippen LogP contribution in [0.3, 0.4) is 0 Å². The average Bonchev–Trinajstić information content (AvgIpc) is 2.95. The minimum atomic E-state index is -0.992. The Bertz CT molecular complexity index is 1260. The van der Waals surface area contributed by atoms with E-state index >= 15 is 0 Å². The van der Waals surface area contributed by atoms with Crippen LogP contribution in [-0.4, -0.2) is 6.61 Å². The summed E-state index contributed by atoms with van der Waals surface area (Å²) in [5.74, 6) is -2.90. The van der Waals surface area contributed by atoms with E-state index in [1.807, 2.05) is 0 Å². The van der Waals surface area contributed by atoms with Crippen LogP contribution in [0.2, 0.25) is 0 Å². The predicted octanol–water partition coefficient (Wildman–Crippen LogP) is 10.7. The molecule has 0 atom stereocenters. The van der Waals surface area contributed by atoms with Crippen molar-refractivity contribution in [3.63, 3.8) is 0 Å². The van der Waals surface area contributed by atoms with Gasteiger partial charge in [0.2, 0.25) is 5.82 Å². The molecule has 4 rings (SSSR count). The molecule has 0 spiro atoms. The zero-order valence-corrected chi connectivity index (χ0v) is 22.9. The fourth-order valence-corrected chi connectivity index (χ4v) is 5.31. The molecule has 1 aliphatic carbocycles. The molecule has 1 nitrogen and oxygen atoms in total. The molecule has 1 fully saturated rings. The van der Waals surface area contributed by atoms with Crippen molar-refractivity contribution in [2.45, 2.75) is 77.6 Å². The third-order valence-corrected chi connectivity index (χ3v) is 7.83. The fraction of sp³-hybridized carbons (Fsp3) is 0.412. The number of ether oxygens (including phenoxy) is 1. The zero-order valence-electron chi connectivity index (χ0n) is 22.9. The van der Waals surface area contributed by atoms with Crippen molar-refractivity contribution in [2.24, 2.45) is 5.92 Å². The van der Waals surface area contributed by atoms with Crippen LogP contribution in [0.15, 0.2) is 48.5 Å². The summed E-state index contributed by atoms with van der Waals surface area (Å²) >= 11 is 0. The molecule has 0 bridgehead atoms. The summed E-state index contributed by atoms with van der Waals surface area (Å²) in [7, 11) is 0. The van der Waals surface area contributed by atoms with E-state index in [1.165, 1.54) is 18.2 Å². The fourth-order valence-electron chi connectivity index (χ4n) is 5.31. The maximum atomic E-state index is 14.9. The minimum absolute atomic E-state index is 0.0719. The van der Waals surface area contributed by atoms with Crippen LogP contribution in [0.5, 0.6) is 5.75 Å². The summed E-state index contributed by atoms with van der Waals surface area (Å²) in [4.78, 5) is 0. The van der Waals surface area contributed by atoms with E-state index in [1.54, 1.807) is 42.5 Å². The number of hydrogen-bond donors (Lipinski definition) is 0. The second-order valence-electron chi connectivity index (χ2n) is 10.8. The molecular formula is C34H38F4O. The lowest BCUT2D eigenvalue weighted by molar-refractivity contribution is 0.285. The Morgan fingerprint density at radius 1 is 0.718 bits per heavy atom. The Hall–Kier alpha value is -3.08. The topological polar surface area (TPSA) is 9.23 Å². The van der Waals surface area contributed by atoms with Gasteiger partial charge in [0.05, 0.1) is 6.61 Å². The highest BCUT2D eigenvalue weighted by Gasteiger charge is 2.24. The Morgan fingerprint density at radius 3 is 2.15 bits per heavy atom. The molecule has 1 aliphatic rings. The van der Waals surface area contributed by atoms with E-state index in [2.05, 4.69) is 13.8 Å². The lowest BCUT2D eigenvalue weighted by Crippen LogP contribution is -2.13. The van der Waals surface area contributed by atoms with Crippen LogP contribution < -0.4 is 4.74 Å². The van der Waals surface area contributed by atoms with Crippen LogP contribution in [0.25, 0.3) is 23.3 Å². The quantitative estimate of drug-likeness (QED) is 0.134. The molecule has 0 heterocycles. The smallest absolute Gasteiger partial charge is 0.201 e. The number of benzene rings is 3. The highest BCUT2D eigenvalue weighted by Crippen LogP contribution is 2.37. The van der Waals surface area contributed by atoms with E-state index in [4.69, 9.17) is 4.74 Å². The highest BCUT2D eigenvalue weighted by molar-refractivity contribution is 5.73. The van der Waals surface area contributed by atoms with Crippen molar-refractivity contribution in [3.8, 4) is 16.9 Å². The molecule has 39 heavy (non-hydrogen) atoms. The lowest BCUT2D eigenvalue weighted by atomic mass is 9.79. The molecule has 0 aliphatic heterocycles. The van der Waals surface area contributed by atoms with Gasteiger partial charge in [-0.1, -0.05) is 101 Å². The van der Waals surface area contributed by atoms with Gasteiger partial charge in [-0.2, -0.15) is 4.39 Å². The third-order valence-electron chi connectivity index (χ3n) is 7.83. The van der Waals surface area contributed by atoms with Gasteiger partial charge in [-0.15, -0.1) is 0 Å². The van der Waals surface area contributed by atoms with Gasteiger partial charge < -0.3 is 4.74 Å². The van der Waals surface area contributed by atoms with E-state index < -0.39 is 23.3 Å². The maximum absolute atomic E-state index is 14.9. The summed E-state index contributed by atoms with van der Waals surface area (Å²) in [6.07, 6.45) is 12.3. The van der Waals surface area contributed by atoms with Crippen LogP contribution in [-0.2, 0) is 0 Å². The first kappa shape index (κ1) is 28.9. The summed E-state index contributed by atoms with van der Waals surface area (Å²) in [6, 6.07) is 13.1. The lowest BCUT2D eigenvalue weighted by Gasteiger charge is -2.27. The Balaban J connectivity index is 1.40. The van der Waals surface area contributed by atoms with Crippen molar-refractivity contribution >= 4 is 12.2 Å². The van der Waals surface area contributed by atoms with Gasteiger partial charge >= 0.3 is 0 Å². The molecule has 0 radical (unpaired) electrons.